The van der Waals surface area contributed by atoms with Crippen molar-refractivity contribution in [2.75, 3.05) is 27.2 Å². The van der Waals surface area contributed by atoms with E-state index in [0.717, 1.165) is 25.9 Å². The fourth-order valence-electron chi connectivity index (χ4n) is 2.54. The van der Waals surface area contributed by atoms with Gasteiger partial charge in [-0.25, -0.2) is 8.42 Å². The van der Waals surface area contributed by atoms with Crippen molar-refractivity contribution in [3.05, 3.63) is 11.5 Å². The second-order valence-corrected chi connectivity index (χ2v) is 7.14. The molecule has 0 N–H and O–H groups in total. The molecule has 2 heterocycles. The molecule has 2 rings (SSSR count). The first-order chi connectivity index (χ1) is 8.84. The molecule has 1 aliphatic heterocycles. The Morgan fingerprint density at radius 2 is 1.89 bits per heavy atom. The molecule has 0 aromatic carbocycles. The first-order valence-corrected chi connectivity index (χ1v) is 7.87. The molecule has 108 valence electrons. The maximum absolute atomic E-state index is 12.6. The van der Waals surface area contributed by atoms with E-state index in [1.165, 1.54) is 4.31 Å². The third-order valence-electron chi connectivity index (χ3n) is 3.81. The van der Waals surface area contributed by atoms with Gasteiger partial charge < -0.3 is 9.42 Å². The number of aromatic nitrogens is 1. The van der Waals surface area contributed by atoms with E-state index in [-0.39, 0.29) is 10.9 Å². The Labute approximate surface area is 114 Å². The van der Waals surface area contributed by atoms with Gasteiger partial charge in [0.1, 0.15) is 10.6 Å². The zero-order valence-corrected chi connectivity index (χ0v) is 12.7. The molecule has 7 heteroatoms. The molecule has 0 amide bonds. The lowest BCUT2D eigenvalue weighted by Gasteiger charge is -2.34. The highest BCUT2D eigenvalue weighted by Crippen LogP contribution is 2.26. The summed E-state index contributed by atoms with van der Waals surface area (Å²) in [5, 5.41) is 3.73. The van der Waals surface area contributed by atoms with E-state index in [2.05, 4.69) is 17.1 Å². The largest absolute Gasteiger partial charge is 0.360 e. The Balaban J connectivity index is 2.25. The fourth-order valence-corrected chi connectivity index (χ4v) is 4.24. The summed E-state index contributed by atoms with van der Waals surface area (Å²) >= 11 is 0. The lowest BCUT2D eigenvalue weighted by Crippen LogP contribution is -2.44. The van der Waals surface area contributed by atoms with Crippen molar-refractivity contribution in [1.29, 1.82) is 0 Å². The van der Waals surface area contributed by atoms with Crippen LogP contribution in [0.3, 0.4) is 0 Å². The summed E-state index contributed by atoms with van der Waals surface area (Å²) in [6, 6.07) is 0.0508. The molecule has 0 saturated carbocycles. The molecule has 0 unspecified atom stereocenters. The second kappa shape index (κ2) is 5.22. The monoisotopic (exact) mass is 287 g/mol. The van der Waals surface area contributed by atoms with Crippen molar-refractivity contribution in [3.8, 4) is 0 Å². The summed E-state index contributed by atoms with van der Waals surface area (Å²) in [6.07, 6.45) is 1.71. The Hall–Kier alpha value is -0.920. The van der Waals surface area contributed by atoms with Crippen molar-refractivity contribution < 1.29 is 12.9 Å². The lowest BCUT2D eigenvalue weighted by molar-refractivity contribution is 0.197. The molecule has 0 bridgehead atoms. The van der Waals surface area contributed by atoms with Crippen LogP contribution in [0, 0.1) is 13.8 Å². The predicted octanol–water partition coefficient (Wildman–Crippen LogP) is 1.01. The summed E-state index contributed by atoms with van der Waals surface area (Å²) in [6.45, 7) is 5.14. The molecule has 1 saturated heterocycles. The first-order valence-electron chi connectivity index (χ1n) is 6.43. The molecular weight excluding hydrogens is 266 g/mol. The minimum absolute atomic E-state index is 0.0508. The fraction of sp³-hybridized carbons (Fsp3) is 0.750. The molecule has 6 nitrogen and oxygen atoms in total. The van der Waals surface area contributed by atoms with Crippen LogP contribution < -0.4 is 0 Å². The topological polar surface area (TPSA) is 66.7 Å². The van der Waals surface area contributed by atoms with Gasteiger partial charge in [-0.3, -0.25) is 0 Å². The summed E-state index contributed by atoms with van der Waals surface area (Å²) in [5.41, 5.74) is 0.428. The van der Waals surface area contributed by atoms with Gasteiger partial charge in [0, 0.05) is 13.1 Å². The quantitative estimate of drug-likeness (QED) is 0.830. The highest BCUT2D eigenvalue weighted by molar-refractivity contribution is 7.89. The lowest BCUT2D eigenvalue weighted by atomic mass is 10.1. The van der Waals surface area contributed by atoms with Crippen LogP contribution in [-0.2, 0) is 10.0 Å². The normalized spacial score (nSPS) is 19.2. The van der Waals surface area contributed by atoms with Crippen LogP contribution in [0.2, 0.25) is 0 Å². The van der Waals surface area contributed by atoms with E-state index in [9.17, 15) is 8.42 Å². The van der Waals surface area contributed by atoms with E-state index in [0.29, 0.717) is 11.5 Å². The highest BCUT2D eigenvalue weighted by atomic mass is 32.2. The van der Waals surface area contributed by atoms with Crippen molar-refractivity contribution in [2.45, 2.75) is 37.6 Å². The smallest absolute Gasteiger partial charge is 0.248 e. The maximum atomic E-state index is 12.6. The van der Waals surface area contributed by atoms with Crippen LogP contribution in [0.1, 0.15) is 24.3 Å². The Kier molecular flexibility index (Phi) is 3.98. The van der Waals surface area contributed by atoms with Crippen LogP contribution in [-0.4, -0.2) is 56.0 Å². The van der Waals surface area contributed by atoms with Gasteiger partial charge in [0.2, 0.25) is 10.0 Å². The minimum Gasteiger partial charge on any atom is -0.360 e. The second-order valence-electron chi connectivity index (χ2n) is 5.21. The van der Waals surface area contributed by atoms with E-state index < -0.39 is 10.0 Å². The van der Waals surface area contributed by atoms with E-state index in [1.807, 2.05) is 0 Å². The van der Waals surface area contributed by atoms with Crippen molar-refractivity contribution in [1.82, 2.24) is 14.4 Å². The molecule has 0 atom stereocenters. The van der Waals surface area contributed by atoms with Gasteiger partial charge in [-0.15, -0.1) is 0 Å². The number of sulfonamides is 1. The first kappa shape index (κ1) is 14.5. The number of hydrogen-bond donors (Lipinski definition) is 0. The molecule has 0 aliphatic carbocycles. The standard InChI is InChI=1S/C12H21N3O3S/c1-9-12(10(2)18-13-9)19(16,17)15(4)11-5-7-14(3)8-6-11/h11H,5-8H2,1-4H3. The molecular formula is C12H21N3O3S. The zero-order valence-electron chi connectivity index (χ0n) is 11.9. The van der Waals surface area contributed by atoms with Gasteiger partial charge in [-0.1, -0.05) is 5.16 Å². The third kappa shape index (κ3) is 2.68. The van der Waals surface area contributed by atoms with Gasteiger partial charge in [0.25, 0.3) is 0 Å². The SMILES string of the molecule is Cc1noc(C)c1S(=O)(=O)N(C)C1CCN(C)CC1. The Morgan fingerprint density at radius 1 is 1.32 bits per heavy atom. The summed E-state index contributed by atoms with van der Waals surface area (Å²) < 4.78 is 31.7. The maximum Gasteiger partial charge on any atom is 0.248 e. The van der Waals surface area contributed by atoms with Gasteiger partial charge in [0.15, 0.2) is 5.76 Å². The molecule has 1 fully saturated rings. The zero-order chi connectivity index (χ0) is 14.2. The number of nitrogens with zero attached hydrogens (tertiary/aromatic N) is 3. The minimum atomic E-state index is -3.52. The van der Waals surface area contributed by atoms with Crippen molar-refractivity contribution in [3.63, 3.8) is 0 Å². The summed E-state index contributed by atoms with van der Waals surface area (Å²) in [5.74, 6) is 0.359. The molecule has 1 aliphatic rings. The van der Waals surface area contributed by atoms with Crippen molar-refractivity contribution in [2.24, 2.45) is 0 Å². The van der Waals surface area contributed by atoms with E-state index in [4.69, 9.17) is 4.52 Å². The average molecular weight is 287 g/mol. The number of rotatable bonds is 3. The van der Waals surface area contributed by atoms with Gasteiger partial charge in [-0.05, 0) is 46.8 Å². The van der Waals surface area contributed by atoms with Crippen LogP contribution >= 0.6 is 0 Å². The molecule has 19 heavy (non-hydrogen) atoms. The molecule has 1 aromatic heterocycles. The van der Waals surface area contributed by atoms with Gasteiger partial charge >= 0.3 is 0 Å². The van der Waals surface area contributed by atoms with Gasteiger partial charge in [-0.2, -0.15) is 4.31 Å². The molecule has 1 aromatic rings. The number of likely N-dealkylation sites (tertiary alicyclic amines) is 1. The molecule has 0 radical (unpaired) electrons. The predicted molar refractivity (Wildman–Crippen MR) is 71.4 cm³/mol. The van der Waals surface area contributed by atoms with Crippen LogP contribution in [0.25, 0.3) is 0 Å². The number of aryl methyl sites for hydroxylation is 2. The van der Waals surface area contributed by atoms with Crippen LogP contribution in [0.5, 0.6) is 0 Å². The Morgan fingerprint density at radius 3 is 2.37 bits per heavy atom. The summed E-state index contributed by atoms with van der Waals surface area (Å²) in [4.78, 5) is 2.43. The third-order valence-corrected chi connectivity index (χ3v) is 5.96. The van der Waals surface area contributed by atoms with Gasteiger partial charge in [0.05, 0.1) is 0 Å². The van der Waals surface area contributed by atoms with Crippen LogP contribution in [0.15, 0.2) is 9.42 Å². The highest BCUT2D eigenvalue weighted by Gasteiger charge is 2.34. The van der Waals surface area contributed by atoms with Crippen molar-refractivity contribution >= 4 is 10.0 Å². The number of piperidine rings is 1. The summed E-state index contributed by atoms with van der Waals surface area (Å²) in [7, 11) is 0.189. The number of hydrogen-bond acceptors (Lipinski definition) is 5. The van der Waals surface area contributed by atoms with E-state index in [1.54, 1.807) is 20.9 Å². The average Bonchev–Trinajstić information content (AvgIpc) is 2.69. The van der Waals surface area contributed by atoms with Crippen LogP contribution in [0.4, 0.5) is 0 Å². The molecule has 0 spiro atoms. The Bertz CT molecular complexity index is 525. The van der Waals surface area contributed by atoms with E-state index >= 15 is 0 Å².